The van der Waals surface area contributed by atoms with Crippen molar-refractivity contribution in [3.63, 3.8) is 0 Å². The highest BCUT2D eigenvalue weighted by atomic mass is 15.2. The quantitative estimate of drug-likeness (QED) is 0.195. The predicted octanol–water partition coefficient (Wildman–Crippen LogP) is 10.9. The van der Waals surface area contributed by atoms with Gasteiger partial charge in [-0.3, -0.25) is 4.57 Å². The van der Waals surface area contributed by atoms with Crippen LogP contribution in [0, 0.1) is 6.92 Å². The fraction of sp³-hybridized carbons (Fsp3) is 0.0227. The van der Waals surface area contributed by atoms with Gasteiger partial charge in [0.2, 0.25) is 5.95 Å². The van der Waals surface area contributed by atoms with Gasteiger partial charge in [-0.2, -0.15) is 9.97 Å². The van der Waals surface area contributed by atoms with Crippen molar-refractivity contribution in [2.45, 2.75) is 6.92 Å². The molecule has 0 saturated carbocycles. The Kier molecular flexibility index (Phi) is 6.02. The number of benzene rings is 7. The highest BCUT2D eigenvalue weighted by molar-refractivity contribution is 6.36. The zero-order chi connectivity index (χ0) is 32.5. The highest BCUT2D eigenvalue weighted by Gasteiger charge is 2.26. The van der Waals surface area contributed by atoms with Gasteiger partial charge in [-0.25, -0.2) is 4.98 Å². The Morgan fingerprint density at radius 3 is 1.53 bits per heavy atom. The SMILES string of the molecule is Cc1ccc2c(c1)c1c3ccccc3c3c4ccccc4n(-c4ccccc4)c3c1n2-c1nc(-c2ccccc2)nc(-c2ccccc2)n1. The molecule has 0 radical (unpaired) electrons. The standard InChI is InChI=1S/C44H29N5/c1-28-25-26-37-35(27-28)39-33-22-12-11-21-32(33)38-34-23-13-14-24-36(34)48(31-19-9-4-10-20-31)40(38)41(39)49(37)44-46-42(29-15-5-2-6-16-29)45-43(47-44)30-17-7-3-8-18-30/h2-27H,1H3. The lowest BCUT2D eigenvalue weighted by Gasteiger charge is -2.14. The van der Waals surface area contributed by atoms with Gasteiger partial charge in [0.1, 0.15) is 0 Å². The molecule has 0 unspecified atom stereocenters. The van der Waals surface area contributed by atoms with Crippen LogP contribution in [0.5, 0.6) is 0 Å². The first-order valence-electron chi connectivity index (χ1n) is 16.6. The second-order valence-electron chi connectivity index (χ2n) is 12.6. The maximum atomic E-state index is 5.27. The first kappa shape index (κ1) is 27.5. The van der Waals surface area contributed by atoms with Crippen LogP contribution < -0.4 is 0 Å². The Balaban J connectivity index is 1.47. The van der Waals surface area contributed by atoms with Crippen LogP contribution in [0.2, 0.25) is 0 Å². The van der Waals surface area contributed by atoms with Crippen LogP contribution in [-0.4, -0.2) is 24.1 Å². The van der Waals surface area contributed by atoms with E-state index in [0.717, 1.165) is 38.9 Å². The largest absolute Gasteiger partial charge is 0.307 e. The summed E-state index contributed by atoms with van der Waals surface area (Å²) in [6.45, 7) is 2.16. The summed E-state index contributed by atoms with van der Waals surface area (Å²) in [6.07, 6.45) is 0. The Morgan fingerprint density at radius 2 is 0.898 bits per heavy atom. The van der Waals surface area contributed by atoms with E-state index in [1.165, 1.54) is 37.9 Å². The van der Waals surface area contributed by atoms with Crippen molar-refractivity contribution in [3.05, 3.63) is 163 Å². The van der Waals surface area contributed by atoms with Gasteiger partial charge in [0.25, 0.3) is 0 Å². The fourth-order valence-corrected chi connectivity index (χ4v) is 7.51. The molecule has 5 nitrogen and oxygen atoms in total. The zero-order valence-electron chi connectivity index (χ0n) is 26.7. The van der Waals surface area contributed by atoms with Crippen molar-refractivity contribution in [3.8, 4) is 34.4 Å². The van der Waals surface area contributed by atoms with Gasteiger partial charge in [0.05, 0.1) is 22.1 Å². The molecule has 10 aromatic rings. The summed E-state index contributed by atoms with van der Waals surface area (Å²) >= 11 is 0. The Labute approximate surface area is 282 Å². The smallest absolute Gasteiger partial charge is 0.238 e. The number of aryl methyl sites for hydroxylation is 1. The molecule has 0 N–H and O–H groups in total. The molecule has 10 rings (SSSR count). The van der Waals surface area contributed by atoms with E-state index in [1.54, 1.807) is 0 Å². The highest BCUT2D eigenvalue weighted by Crippen LogP contribution is 2.46. The minimum Gasteiger partial charge on any atom is -0.307 e. The molecule has 0 spiro atoms. The van der Waals surface area contributed by atoms with E-state index >= 15 is 0 Å². The number of aromatic nitrogens is 5. The molecule has 3 aromatic heterocycles. The molecular formula is C44H29N5. The number of hydrogen-bond donors (Lipinski definition) is 0. The third-order valence-corrected chi connectivity index (χ3v) is 9.59. The molecule has 0 bridgehead atoms. The van der Waals surface area contributed by atoms with Gasteiger partial charge >= 0.3 is 0 Å². The Hall–Kier alpha value is -6.59. The van der Waals surface area contributed by atoms with Gasteiger partial charge in [-0.1, -0.05) is 133 Å². The third-order valence-electron chi connectivity index (χ3n) is 9.59. The molecule has 7 aromatic carbocycles. The molecular weight excluding hydrogens is 599 g/mol. The first-order chi connectivity index (χ1) is 24.2. The molecule has 0 saturated heterocycles. The van der Waals surface area contributed by atoms with Crippen molar-refractivity contribution in [2.75, 3.05) is 0 Å². The average Bonchev–Trinajstić information content (AvgIpc) is 3.69. The topological polar surface area (TPSA) is 48.5 Å². The fourth-order valence-electron chi connectivity index (χ4n) is 7.51. The molecule has 0 aliphatic rings. The summed E-state index contributed by atoms with van der Waals surface area (Å²) in [6, 6.07) is 55.3. The third kappa shape index (κ3) is 4.16. The molecule has 0 aliphatic carbocycles. The molecule has 230 valence electrons. The van der Waals surface area contributed by atoms with Crippen molar-refractivity contribution >= 4 is 54.4 Å². The maximum absolute atomic E-state index is 5.27. The Bertz CT molecular complexity index is 2810. The van der Waals surface area contributed by atoms with Crippen molar-refractivity contribution < 1.29 is 0 Å². The number of nitrogens with zero attached hydrogens (tertiary/aromatic N) is 5. The maximum Gasteiger partial charge on any atom is 0.238 e. The lowest BCUT2D eigenvalue weighted by atomic mass is 9.98. The minimum absolute atomic E-state index is 0.581. The normalized spacial score (nSPS) is 11.8. The molecule has 3 heterocycles. The summed E-state index contributed by atoms with van der Waals surface area (Å²) in [4.78, 5) is 15.6. The van der Waals surface area contributed by atoms with E-state index < -0.39 is 0 Å². The van der Waals surface area contributed by atoms with E-state index in [9.17, 15) is 0 Å². The number of para-hydroxylation sites is 2. The van der Waals surface area contributed by atoms with E-state index in [4.69, 9.17) is 15.0 Å². The zero-order valence-corrected chi connectivity index (χ0v) is 26.7. The molecule has 0 aliphatic heterocycles. The molecule has 49 heavy (non-hydrogen) atoms. The van der Waals surface area contributed by atoms with Crippen LogP contribution >= 0.6 is 0 Å². The second-order valence-corrected chi connectivity index (χ2v) is 12.6. The van der Waals surface area contributed by atoms with Crippen LogP contribution in [0.15, 0.2) is 158 Å². The molecule has 5 heteroatoms. The van der Waals surface area contributed by atoms with Gasteiger partial charge in [-0.05, 0) is 48.0 Å². The second kappa shape index (κ2) is 10.7. The van der Waals surface area contributed by atoms with Gasteiger partial charge in [0, 0.05) is 38.4 Å². The summed E-state index contributed by atoms with van der Waals surface area (Å²) in [7, 11) is 0. The van der Waals surface area contributed by atoms with Crippen molar-refractivity contribution in [2.24, 2.45) is 0 Å². The summed E-state index contributed by atoms with van der Waals surface area (Å²) in [5, 5.41) is 7.20. The summed E-state index contributed by atoms with van der Waals surface area (Å²) < 4.78 is 4.69. The van der Waals surface area contributed by atoms with Crippen LogP contribution in [0.4, 0.5) is 0 Å². The van der Waals surface area contributed by atoms with E-state index in [2.05, 4.69) is 137 Å². The number of rotatable bonds is 4. The average molecular weight is 628 g/mol. The molecule has 0 fully saturated rings. The van der Waals surface area contributed by atoms with Crippen LogP contribution in [0.3, 0.4) is 0 Å². The molecule has 0 atom stereocenters. The summed E-state index contributed by atoms with van der Waals surface area (Å²) in [5.74, 6) is 1.84. The monoisotopic (exact) mass is 627 g/mol. The van der Waals surface area contributed by atoms with E-state index in [1.807, 2.05) is 36.4 Å². The van der Waals surface area contributed by atoms with Gasteiger partial charge in [0.15, 0.2) is 11.6 Å². The number of hydrogen-bond acceptors (Lipinski definition) is 3. The predicted molar refractivity (Wildman–Crippen MR) is 202 cm³/mol. The minimum atomic E-state index is 0.581. The van der Waals surface area contributed by atoms with Crippen LogP contribution in [0.25, 0.3) is 88.8 Å². The Morgan fingerprint density at radius 1 is 0.408 bits per heavy atom. The van der Waals surface area contributed by atoms with Crippen molar-refractivity contribution in [1.29, 1.82) is 0 Å². The lowest BCUT2D eigenvalue weighted by molar-refractivity contribution is 0.953. The van der Waals surface area contributed by atoms with Gasteiger partial charge < -0.3 is 4.57 Å². The van der Waals surface area contributed by atoms with Crippen LogP contribution in [0.1, 0.15) is 5.56 Å². The lowest BCUT2D eigenvalue weighted by Crippen LogP contribution is -2.07. The molecule has 0 amide bonds. The summed E-state index contributed by atoms with van der Waals surface area (Å²) in [5.41, 5.74) is 8.57. The van der Waals surface area contributed by atoms with Gasteiger partial charge in [-0.15, -0.1) is 0 Å². The van der Waals surface area contributed by atoms with Crippen molar-refractivity contribution in [1.82, 2.24) is 24.1 Å². The first-order valence-corrected chi connectivity index (χ1v) is 16.6. The van der Waals surface area contributed by atoms with Crippen LogP contribution in [-0.2, 0) is 0 Å². The number of fused-ring (bicyclic) bond motifs is 10. The van der Waals surface area contributed by atoms with E-state index in [-0.39, 0.29) is 0 Å². The van der Waals surface area contributed by atoms with E-state index in [0.29, 0.717) is 17.6 Å².